The molecule has 0 aliphatic carbocycles. The number of hydrogen-bond acceptors (Lipinski definition) is 4. The van der Waals surface area contributed by atoms with Crippen LogP contribution in [0.5, 0.6) is 11.5 Å². The van der Waals surface area contributed by atoms with Gasteiger partial charge in [-0.25, -0.2) is 5.43 Å². The quantitative estimate of drug-likeness (QED) is 0.441. The van der Waals surface area contributed by atoms with Crippen LogP contribution in [0.3, 0.4) is 0 Å². The molecular weight excluding hydrogens is 407 g/mol. The largest absolute Gasteiger partial charge is 0.493 e. The second-order valence-electron chi connectivity index (χ2n) is 4.71. The van der Waals surface area contributed by atoms with Crippen LogP contribution in [-0.2, 0) is 11.2 Å². The van der Waals surface area contributed by atoms with Gasteiger partial charge in [0.2, 0.25) is 5.91 Å². The van der Waals surface area contributed by atoms with Crippen molar-refractivity contribution in [3.05, 3.63) is 57.2 Å². The SMILES string of the molecule is COc1ccc(CC(=O)N/N=C/c2cccc(I)c2)cc1OC. The molecule has 0 aliphatic heterocycles. The Balaban J connectivity index is 1.94. The Morgan fingerprint density at radius 1 is 1.17 bits per heavy atom. The van der Waals surface area contributed by atoms with Crippen molar-refractivity contribution in [2.45, 2.75) is 6.42 Å². The fourth-order valence-corrected chi connectivity index (χ4v) is 2.55. The summed E-state index contributed by atoms with van der Waals surface area (Å²) in [4.78, 5) is 11.9. The number of benzene rings is 2. The van der Waals surface area contributed by atoms with Gasteiger partial charge in [-0.1, -0.05) is 18.2 Å². The highest BCUT2D eigenvalue weighted by Crippen LogP contribution is 2.27. The molecule has 5 nitrogen and oxygen atoms in total. The smallest absolute Gasteiger partial charge is 0.244 e. The molecule has 0 radical (unpaired) electrons. The third kappa shape index (κ3) is 5.24. The summed E-state index contributed by atoms with van der Waals surface area (Å²) in [6.45, 7) is 0. The Morgan fingerprint density at radius 2 is 1.96 bits per heavy atom. The summed E-state index contributed by atoms with van der Waals surface area (Å²) in [6.07, 6.45) is 1.83. The molecule has 0 fully saturated rings. The average Bonchev–Trinajstić information content (AvgIpc) is 2.54. The minimum atomic E-state index is -0.195. The maximum absolute atomic E-state index is 11.9. The van der Waals surface area contributed by atoms with E-state index in [1.807, 2.05) is 30.3 Å². The van der Waals surface area contributed by atoms with E-state index in [0.29, 0.717) is 11.5 Å². The van der Waals surface area contributed by atoms with E-state index in [9.17, 15) is 4.79 Å². The number of rotatable bonds is 6. The first-order valence-electron chi connectivity index (χ1n) is 6.90. The van der Waals surface area contributed by atoms with Gasteiger partial charge in [0.1, 0.15) is 0 Å². The van der Waals surface area contributed by atoms with Gasteiger partial charge in [-0.05, 0) is 58.0 Å². The highest BCUT2D eigenvalue weighted by molar-refractivity contribution is 14.1. The van der Waals surface area contributed by atoms with Gasteiger partial charge in [0.15, 0.2) is 11.5 Å². The number of nitrogens with one attached hydrogen (secondary N) is 1. The van der Waals surface area contributed by atoms with Gasteiger partial charge in [-0.2, -0.15) is 5.10 Å². The zero-order valence-corrected chi connectivity index (χ0v) is 15.0. The number of methoxy groups -OCH3 is 2. The van der Waals surface area contributed by atoms with E-state index in [4.69, 9.17) is 9.47 Å². The van der Waals surface area contributed by atoms with Crippen molar-refractivity contribution in [1.29, 1.82) is 0 Å². The number of hydrazone groups is 1. The molecule has 2 rings (SSSR count). The third-order valence-corrected chi connectivity index (χ3v) is 3.74. The Bertz CT molecular complexity index is 717. The zero-order valence-electron chi connectivity index (χ0n) is 12.9. The summed E-state index contributed by atoms with van der Waals surface area (Å²) < 4.78 is 11.5. The molecule has 0 heterocycles. The molecule has 0 unspecified atom stereocenters. The summed E-state index contributed by atoms with van der Waals surface area (Å²) in [6, 6.07) is 13.2. The first kappa shape index (κ1) is 17.3. The van der Waals surface area contributed by atoms with Crippen LogP contribution in [-0.4, -0.2) is 26.3 Å². The van der Waals surface area contributed by atoms with Crippen LogP contribution in [0.4, 0.5) is 0 Å². The normalized spacial score (nSPS) is 10.6. The molecule has 23 heavy (non-hydrogen) atoms. The standard InChI is InChI=1S/C17H17IN2O3/c1-22-15-7-6-12(9-16(15)23-2)10-17(21)20-19-11-13-4-3-5-14(18)8-13/h3-9,11H,10H2,1-2H3,(H,20,21)/b19-11+. The van der Waals surface area contributed by atoms with Gasteiger partial charge >= 0.3 is 0 Å². The molecule has 2 aromatic rings. The maximum atomic E-state index is 11.9. The molecule has 0 aromatic heterocycles. The Labute approximate surface area is 148 Å². The molecule has 0 saturated heterocycles. The molecular formula is C17H17IN2O3. The van der Waals surface area contributed by atoms with Crippen LogP contribution in [0.25, 0.3) is 0 Å². The molecule has 2 aromatic carbocycles. The first-order valence-corrected chi connectivity index (χ1v) is 7.98. The lowest BCUT2D eigenvalue weighted by molar-refractivity contribution is -0.120. The predicted molar refractivity (Wildman–Crippen MR) is 98.1 cm³/mol. The maximum Gasteiger partial charge on any atom is 0.244 e. The van der Waals surface area contributed by atoms with E-state index < -0.39 is 0 Å². The zero-order chi connectivity index (χ0) is 16.7. The van der Waals surface area contributed by atoms with Gasteiger partial charge in [0, 0.05) is 3.57 Å². The first-order chi connectivity index (χ1) is 11.1. The lowest BCUT2D eigenvalue weighted by atomic mass is 10.1. The summed E-state index contributed by atoms with van der Waals surface area (Å²) >= 11 is 2.23. The Morgan fingerprint density at radius 3 is 2.65 bits per heavy atom. The highest BCUT2D eigenvalue weighted by Gasteiger charge is 2.07. The van der Waals surface area contributed by atoms with E-state index in [1.54, 1.807) is 32.6 Å². The van der Waals surface area contributed by atoms with Crippen molar-refractivity contribution in [2.75, 3.05) is 14.2 Å². The highest BCUT2D eigenvalue weighted by atomic mass is 127. The van der Waals surface area contributed by atoms with Gasteiger partial charge in [-0.3, -0.25) is 4.79 Å². The molecule has 1 N–H and O–H groups in total. The van der Waals surface area contributed by atoms with Gasteiger partial charge in [0.25, 0.3) is 0 Å². The monoisotopic (exact) mass is 424 g/mol. The summed E-state index contributed by atoms with van der Waals surface area (Å²) in [5, 5.41) is 3.97. The van der Waals surface area contributed by atoms with Gasteiger partial charge < -0.3 is 9.47 Å². The van der Waals surface area contributed by atoms with Crippen molar-refractivity contribution < 1.29 is 14.3 Å². The predicted octanol–water partition coefficient (Wildman–Crippen LogP) is 3.00. The number of amides is 1. The molecule has 1 amide bonds. The van der Waals surface area contributed by atoms with E-state index in [1.165, 1.54) is 0 Å². The number of hydrogen-bond donors (Lipinski definition) is 1. The molecule has 120 valence electrons. The summed E-state index contributed by atoms with van der Waals surface area (Å²) in [7, 11) is 3.14. The molecule has 6 heteroatoms. The van der Waals surface area contributed by atoms with E-state index in [0.717, 1.165) is 14.7 Å². The second-order valence-corrected chi connectivity index (χ2v) is 5.96. The number of ether oxygens (including phenoxy) is 2. The van der Waals surface area contributed by atoms with E-state index in [-0.39, 0.29) is 12.3 Å². The fraction of sp³-hybridized carbons (Fsp3) is 0.176. The van der Waals surface area contributed by atoms with Crippen molar-refractivity contribution in [3.8, 4) is 11.5 Å². The minimum absolute atomic E-state index is 0.195. The molecule has 0 saturated carbocycles. The number of nitrogens with zero attached hydrogens (tertiary/aromatic N) is 1. The van der Waals surface area contributed by atoms with E-state index in [2.05, 4.69) is 33.1 Å². The van der Waals surface area contributed by atoms with Gasteiger partial charge in [-0.15, -0.1) is 0 Å². The lowest BCUT2D eigenvalue weighted by Gasteiger charge is -2.09. The lowest BCUT2D eigenvalue weighted by Crippen LogP contribution is -2.19. The van der Waals surface area contributed by atoms with Crippen LogP contribution in [0, 0.1) is 3.57 Å². The molecule has 0 bridgehead atoms. The average molecular weight is 424 g/mol. The van der Waals surface area contributed by atoms with Crippen LogP contribution in [0.1, 0.15) is 11.1 Å². The van der Waals surface area contributed by atoms with Crippen molar-refractivity contribution in [1.82, 2.24) is 5.43 Å². The topological polar surface area (TPSA) is 59.9 Å². The van der Waals surface area contributed by atoms with Crippen LogP contribution in [0.15, 0.2) is 47.6 Å². The number of halogens is 1. The second kappa shape index (κ2) is 8.52. The Hall–Kier alpha value is -2.09. The molecule has 0 atom stereocenters. The third-order valence-electron chi connectivity index (χ3n) is 3.06. The van der Waals surface area contributed by atoms with Crippen molar-refractivity contribution >= 4 is 34.7 Å². The van der Waals surface area contributed by atoms with Crippen LogP contribution < -0.4 is 14.9 Å². The summed E-state index contributed by atoms with van der Waals surface area (Å²) in [5.74, 6) is 1.03. The van der Waals surface area contributed by atoms with Crippen molar-refractivity contribution in [2.24, 2.45) is 5.10 Å². The fourth-order valence-electron chi connectivity index (χ4n) is 1.98. The van der Waals surface area contributed by atoms with Gasteiger partial charge in [0.05, 0.1) is 26.9 Å². The Kier molecular flexibility index (Phi) is 6.40. The van der Waals surface area contributed by atoms with Crippen LogP contribution >= 0.6 is 22.6 Å². The van der Waals surface area contributed by atoms with Crippen LogP contribution in [0.2, 0.25) is 0 Å². The number of carbonyl (C=O) groups excluding carboxylic acids is 1. The summed E-state index contributed by atoms with van der Waals surface area (Å²) in [5.41, 5.74) is 4.28. The van der Waals surface area contributed by atoms with E-state index >= 15 is 0 Å². The van der Waals surface area contributed by atoms with Crippen molar-refractivity contribution in [3.63, 3.8) is 0 Å². The molecule has 0 aliphatic rings. The number of carbonyl (C=O) groups is 1. The minimum Gasteiger partial charge on any atom is -0.493 e. The molecule has 0 spiro atoms.